The molecular formula is C26H18N2O3S3. The van der Waals surface area contributed by atoms with Crippen LogP contribution < -0.4 is 4.90 Å². The van der Waals surface area contributed by atoms with Gasteiger partial charge in [-0.15, -0.1) is 0 Å². The molecule has 8 heteroatoms. The van der Waals surface area contributed by atoms with Crippen LogP contribution in [-0.4, -0.2) is 29.2 Å². The SMILES string of the molecule is CC1(C)c2ssc(=S)c2-c2ccccc2N1C(=O)CN1C(=O)c2cccc3cccc(c23)C1=O. The van der Waals surface area contributed by atoms with E-state index < -0.39 is 17.4 Å². The molecule has 0 unspecified atom stereocenters. The van der Waals surface area contributed by atoms with Gasteiger partial charge in [-0.25, -0.2) is 0 Å². The van der Waals surface area contributed by atoms with E-state index in [1.807, 2.05) is 50.2 Å². The first kappa shape index (κ1) is 21.3. The second-order valence-electron chi connectivity index (χ2n) is 8.87. The van der Waals surface area contributed by atoms with Crippen LogP contribution in [0.2, 0.25) is 0 Å². The fraction of sp³-hybridized carbons (Fsp3) is 0.154. The minimum atomic E-state index is -0.682. The van der Waals surface area contributed by atoms with Gasteiger partial charge < -0.3 is 0 Å². The number of hydrogen-bond donors (Lipinski definition) is 0. The van der Waals surface area contributed by atoms with Crippen LogP contribution in [0.4, 0.5) is 5.69 Å². The maximum atomic E-state index is 13.9. The van der Waals surface area contributed by atoms with Crippen molar-refractivity contribution in [3.8, 4) is 11.1 Å². The van der Waals surface area contributed by atoms with Crippen molar-refractivity contribution < 1.29 is 14.4 Å². The van der Waals surface area contributed by atoms with E-state index in [2.05, 4.69) is 0 Å². The van der Waals surface area contributed by atoms with E-state index in [1.54, 1.807) is 39.5 Å². The Morgan fingerprint density at radius 2 is 1.50 bits per heavy atom. The number of benzene rings is 3. The van der Waals surface area contributed by atoms with Gasteiger partial charge in [0.05, 0.1) is 16.1 Å². The number of nitrogens with zero attached hydrogens (tertiary/aromatic N) is 2. The fourth-order valence-electron chi connectivity index (χ4n) is 5.05. The summed E-state index contributed by atoms with van der Waals surface area (Å²) in [4.78, 5) is 44.4. The summed E-state index contributed by atoms with van der Waals surface area (Å²) < 4.78 is 0.804. The van der Waals surface area contributed by atoms with Crippen molar-refractivity contribution in [1.82, 2.24) is 4.90 Å². The Balaban J connectivity index is 1.43. The molecule has 0 saturated carbocycles. The van der Waals surface area contributed by atoms with Crippen LogP contribution in [0, 0.1) is 3.82 Å². The lowest BCUT2D eigenvalue weighted by Gasteiger charge is -2.43. The highest BCUT2D eigenvalue weighted by molar-refractivity contribution is 7.80. The van der Waals surface area contributed by atoms with Gasteiger partial charge in [-0.05, 0) is 37.4 Å². The van der Waals surface area contributed by atoms with Crippen LogP contribution in [-0.2, 0) is 10.3 Å². The van der Waals surface area contributed by atoms with Crippen LogP contribution >= 0.6 is 32.9 Å². The highest BCUT2D eigenvalue weighted by Crippen LogP contribution is 2.52. The fourth-order valence-corrected chi connectivity index (χ4v) is 8.34. The number of fused-ring (bicyclic) bond motifs is 3. The molecule has 34 heavy (non-hydrogen) atoms. The molecule has 0 N–H and O–H groups in total. The Labute approximate surface area is 208 Å². The second-order valence-corrected chi connectivity index (χ2v) is 11.7. The predicted octanol–water partition coefficient (Wildman–Crippen LogP) is 6.24. The summed E-state index contributed by atoms with van der Waals surface area (Å²) in [6.07, 6.45) is 0. The molecule has 0 fully saturated rings. The maximum absolute atomic E-state index is 13.9. The van der Waals surface area contributed by atoms with E-state index >= 15 is 0 Å². The second kappa shape index (κ2) is 7.40. The normalized spacial score (nSPS) is 15.9. The molecule has 2 aliphatic heterocycles. The van der Waals surface area contributed by atoms with Crippen molar-refractivity contribution in [2.45, 2.75) is 19.4 Å². The van der Waals surface area contributed by atoms with Gasteiger partial charge in [-0.1, -0.05) is 75.4 Å². The van der Waals surface area contributed by atoms with E-state index in [4.69, 9.17) is 12.2 Å². The summed E-state index contributed by atoms with van der Waals surface area (Å²) in [5, 5.41) is 1.48. The maximum Gasteiger partial charge on any atom is 0.261 e. The monoisotopic (exact) mass is 502 g/mol. The largest absolute Gasteiger partial charge is 0.300 e. The first-order chi connectivity index (χ1) is 16.3. The topological polar surface area (TPSA) is 57.7 Å². The molecule has 0 atom stereocenters. The molecule has 3 aromatic carbocycles. The molecule has 0 radical (unpaired) electrons. The van der Waals surface area contributed by atoms with Crippen molar-refractivity contribution >= 4 is 67.1 Å². The lowest BCUT2D eigenvalue weighted by atomic mass is 9.87. The third-order valence-corrected chi connectivity index (χ3v) is 9.89. The Morgan fingerprint density at radius 1 is 0.882 bits per heavy atom. The number of carbonyl (C=O) groups excluding carboxylic acids is 3. The molecule has 3 heterocycles. The lowest BCUT2D eigenvalue weighted by molar-refractivity contribution is -0.120. The molecule has 5 nitrogen and oxygen atoms in total. The van der Waals surface area contributed by atoms with E-state index in [1.165, 1.54) is 10.3 Å². The number of imide groups is 1. The van der Waals surface area contributed by atoms with Gasteiger partial charge in [0, 0.05) is 27.6 Å². The summed E-state index contributed by atoms with van der Waals surface area (Å²) in [6, 6.07) is 18.4. The third-order valence-electron chi connectivity index (χ3n) is 6.56. The minimum absolute atomic E-state index is 0.319. The van der Waals surface area contributed by atoms with Crippen LogP contribution in [0.15, 0.2) is 60.7 Å². The quantitative estimate of drug-likeness (QED) is 0.185. The first-order valence-corrected chi connectivity index (χ1v) is 13.3. The Hall–Kier alpha value is -3.20. The summed E-state index contributed by atoms with van der Waals surface area (Å²) in [7, 11) is 3.10. The average Bonchev–Trinajstić information content (AvgIpc) is 3.23. The van der Waals surface area contributed by atoms with Crippen LogP contribution in [0.1, 0.15) is 39.4 Å². The number of anilines is 1. The van der Waals surface area contributed by atoms with Crippen LogP contribution in [0.3, 0.4) is 0 Å². The van der Waals surface area contributed by atoms with Crippen molar-refractivity contribution in [2.75, 3.05) is 11.4 Å². The average molecular weight is 503 g/mol. The van der Waals surface area contributed by atoms with Crippen molar-refractivity contribution in [3.05, 3.63) is 80.5 Å². The molecule has 3 amide bonds. The molecule has 1 aromatic heterocycles. The zero-order valence-electron chi connectivity index (χ0n) is 18.3. The summed E-state index contributed by atoms with van der Waals surface area (Å²) in [5.41, 5.74) is 2.84. The number of amides is 3. The minimum Gasteiger partial charge on any atom is -0.300 e. The predicted molar refractivity (Wildman–Crippen MR) is 138 cm³/mol. The van der Waals surface area contributed by atoms with Crippen molar-refractivity contribution in [2.24, 2.45) is 0 Å². The standard InChI is InChI=1S/C26H18N2O3S3/c1-26(2)22-21(25(32)34-33-22)15-9-3-4-12-18(15)28(26)19(29)13-27-23(30)16-10-5-7-14-8-6-11-17(20(14)16)24(27)31/h3-12H,13H2,1-2H3. The van der Waals surface area contributed by atoms with Gasteiger partial charge in [-0.2, -0.15) is 0 Å². The lowest BCUT2D eigenvalue weighted by Crippen LogP contribution is -2.53. The van der Waals surface area contributed by atoms with Gasteiger partial charge in [0.15, 0.2) is 0 Å². The summed E-state index contributed by atoms with van der Waals surface area (Å²) >= 11 is 5.61. The number of carbonyl (C=O) groups is 3. The van der Waals surface area contributed by atoms with Gasteiger partial charge >= 0.3 is 0 Å². The van der Waals surface area contributed by atoms with E-state index in [-0.39, 0.29) is 12.5 Å². The summed E-state index contributed by atoms with van der Waals surface area (Å²) in [5.74, 6) is -1.21. The molecule has 0 spiro atoms. The van der Waals surface area contributed by atoms with Crippen molar-refractivity contribution in [1.29, 1.82) is 0 Å². The Kier molecular flexibility index (Phi) is 4.64. The molecule has 4 aromatic rings. The number of para-hydroxylation sites is 1. The Bertz CT molecular complexity index is 1560. The molecule has 6 rings (SSSR count). The van der Waals surface area contributed by atoms with E-state index in [0.717, 1.165) is 35.8 Å². The van der Waals surface area contributed by atoms with Gasteiger partial charge in [0.1, 0.15) is 10.4 Å². The molecular weight excluding hydrogens is 484 g/mol. The van der Waals surface area contributed by atoms with E-state index in [0.29, 0.717) is 16.5 Å². The third kappa shape index (κ3) is 2.82. The van der Waals surface area contributed by atoms with Gasteiger partial charge in [0.25, 0.3) is 11.8 Å². The van der Waals surface area contributed by atoms with Gasteiger partial charge in [0.2, 0.25) is 5.91 Å². The first-order valence-electron chi connectivity index (χ1n) is 10.7. The molecule has 2 aliphatic rings. The molecule has 0 bridgehead atoms. The van der Waals surface area contributed by atoms with E-state index in [9.17, 15) is 14.4 Å². The molecule has 0 aliphatic carbocycles. The summed E-state index contributed by atoms with van der Waals surface area (Å²) in [6.45, 7) is 3.62. The smallest absolute Gasteiger partial charge is 0.261 e. The zero-order valence-corrected chi connectivity index (χ0v) is 20.8. The highest BCUT2D eigenvalue weighted by atomic mass is 32.9. The highest BCUT2D eigenvalue weighted by Gasteiger charge is 2.44. The zero-order chi connectivity index (χ0) is 23.8. The van der Waals surface area contributed by atoms with Crippen LogP contribution in [0.25, 0.3) is 21.9 Å². The molecule has 168 valence electrons. The van der Waals surface area contributed by atoms with Crippen LogP contribution in [0.5, 0.6) is 0 Å². The van der Waals surface area contributed by atoms with Gasteiger partial charge in [-0.3, -0.25) is 24.2 Å². The number of hydrogen-bond acceptors (Lipinski definition) is 6. The Morgan fingerprint density at radius 3 is 2.18 bits per heavy atom. The van der Waals surface area contributed by atoms with Crippen molar-refractivity contribution in [3.63, 3.8) is 0 Å². The number of rotatable bonds is 2. The molecule has 0 saturated heterocycles.